The van der Waals surface area contributed by atoms with E-state index in [1.807, 2.05) is 6.07 Å². The van der Waals surface area contributed by atoms with Crippen LogP contribution in [0.3, 0.4) is 0 Å². The zero-order chi connectivity index (χ0) is 17.5. The average molecular weight is 331 g/mol. The number of hydrogen-bond donors (Lipinski definition) is 2. The first-order valence-corrected chi connectivity index (χ1v) is 7.18. The lowest BCUT2D eigenvalue weighted by molar-refractivity contribution is -0.146. The summed E-state index contributed by atoms with van der Waals surface area (Å²) in [6.45, 7) is 2.66. The summed E-state index contributed by atoms with van der Waals surface area (Å²) in [5.74, 6) is -0.875. The van der Waals surface area contributed by atoms with Crippen LogP contribution < -0.4 is 10.6 Å². The lowest BCUT2D eigenvalue weighted by Crippen LogP contribution is -2.32. The van der Waals surface area contributed by atoms with Crippen molar-refractivity contribution in [3.8, 4) is 0 Å². The van der Waals surface area contributed by atoms with Gasteiger partial charge in [-0.2, -0.15) is 0 Å². The van der Waals surface area contributed by atoms with Crippen LogP contribution in [0.4, 0.5) is 5.82 Å². The number of anilines is 1. The molecule has 1 aromatic heterocycles. The molecule has 2 rings (SSSR count). The summed E-state index contributed by atoms with van der Waals surface area (Å²) >= 11 is 0. The van der Waals surface area contributed by atoms with Gasteiger partial charge in [-0.05, 0) is 25.5 Å². The standard InChI is InChI=1S/C16H17N3O5/c1-10-5-3-4-6-12(10)16(22)17-8-15(21)23-9-14(20)18-13-7-11(2)24-19-13/h3-7H,8-9H2,1-2H3,(H,17,22)(H,18,19,20). The van der Waals surface area contributed by atoms with E-state index in [-0.39, 0.29) is 18.3 Å². The van der Waals surface area contributed by atoms with E-state index in [0.717, 1.165) is 5.56 Å². The minimum Gasteiger partial charge on any atom is -0.454 e. The van der Waals surface area contributed by atoms with Gasteiger partial charge in [0.25, 0.3) is 11.8 Å². The van der Waals surface area contributed by atoms with Crippen LogP contribution in [0.25, 0.3) is 0 Å². The number of aryl methyl sites for hydroxylation is 2. The molecule has 0 fully saturated rings. The van der Waals surface area contributed by atoms with E-state index < -0.39 is 18.5 Å². The SMILES string of the molecule is Cc1cc(NC(=O)COC(=O)CNC(=O)c2ccccc2C)no1. The topological polar surface area (TPSA) is 111 Å². The molecule has 0 atom stereocenters. The van der Waals surface area contributed by atoms with Crippen LogP contribution in [0.2, 0.25) is 0 Å². The Morgan fingerprint density at radius 3 is 2.62 bits per heavy atom. The van der Waals surface area contributed by atoms with Crippen LogP contribution in [0.5, 0.6) is 0 Å². The van der Waals surface area contributed by atoms with Crippen molar-refractivity contribution in [3.05, 3.63) is 47.2 Å². The molecule has 0 radical (unpaired) electrons. The molecule has 8 heteroatoms. The Balaban J connectivity index is 1.72. The maximum Gasteiger partial charge on any atom is 0.325 e. The van der Waals surface area contributed by atoms with Gasteiger partial charge in [0.1, 0.15) is 12.3 Å². The van der Waals surface area contributed by atoms with Gasteiger partial charge < -0.3 is 19.9 Å². The Morgan fingerprint density at radius 1 is 1.21 bits per heavy atom. The van der Waals surface area contributed by atoms with E-state index in [1.54, 1.807) is 32.0 Å². The Labute approximate surface area is 138 Å². The fourth-order valence-electron chi connectivity index (χ4n) is 1.88. The van der Waals surface area contributed by atoms with E-state index >= 15 is 0 Å². The highest BCUT2D eigenvalue weighted by atomic mass is 16.5. The van der Waals surface area contributed by atoms with Crippen molar-refractivity contribution in [1.29, 1.82) is 0 Å². The molecule has 0 spiro atoms. The molecule has 2 aromatic rings. The first kappa shape index (κ1) is 17.2. The number of rotatable bonds is 6. The smallest absolute Gasteiger partial charge is 0.325 e. The Morgan fingerprint density at radius 2 is 1.96 bits per heavy atom. The third-order valence-electron chi connectivity index (χ3n) is 3.04. The second-order valence-corrected chi connectivity index (χ2v) is 5.03. The lowest BCUT2D eigenvalue weighted by Gasteiger charge is -2.07. The molecule has 1 aromatic carbocycles. The van der Waals surface area contributed by atoms with Gasteiger partial charge in [-0.3, -0.25) is 14.4 Å². The average Bonchev–Trinajstić information content (AvgIpc) is 2.96. The third kappa shape index (κ3) is 4.94. The second-order valence-electron chi connectivity index (χ2n) is 5.03. The molecule has 0 bridgehead atoms. The highest BCUT2D eigenvalue weighted by Crippen LogP contribution is 2.07. The largest absolute Gasteiger partial charge is 0.454 e. The van der Waals surface area contributed by atoms with E-state index in [1.165, 1.54) is 6.07 Å². The molecular formula is C16H17N3O5. The number of aromatic nitrogens is 1. The normalized spacial score (nSPS) is 10.1. The first-order chi connectivity index (χ1) is 11.5. The van der Waals surface area contributed by atoms with Crippen LogP contribution >= 0.6 is 0 Å². The number of carbonyl (C=O) groups is 3. The highest BCUT2D eigenvalue weighted by molar-refractivity contribution is 5.97. The quantitative estimate of drug-likeness (QED) is 0.770. The van der Waals surface area contributed by atoms with Crippen LogP contribution in [-0.2, 0) is 14.3 Å². The van der Waals surface area contributed by atoms with Gasteiger partial charge in [0.2, 0.25) is 0 Å². The summed E-state index contributed by atoms with van der Waals surface area (Å²) in [6, 6.07) is 8.53. The zero-order valence-electron chi connectivity index (χ0n) is 13.3. The number of hydrogen-bond acceptors (Lipinski definition) is 6. The molecular weight excluding hydrogens is 314 g/mol. The van der Waals surface area contributed by atoms with Crippen molar-refractivity contribution in [2.75, 3.05) is 18.5 Å². The Bertz CT molecular complexity index is 754. The van der Waals surface area contributed by atoms with Crippen molar-refractivity contribution < 1.29 is 23.6 Å². The van der Waals surface area contributed by atoms with Crippen molar-refractivity contribution in [1.82, 2.24) is 10.5 Å². The summed E-state index contributed by atoms with van der Waals surface area (Å²) in [5.41, 5.74) is 1.27. The molecule has 0 aliphatic carbocycles. The number of carbonyl (C=O) groups excluding carboxylic acids is 3. The predicted octanol–water partition coefficient (Wildman–Crippen LogP) is 1.20. The molecule has 0 unspecified atom stereocenters. The fourth-order valence-corrected chi connectivity index (χ4v) is 1.88. The van der Waals surface area contributed by atoms with Crippen LogP contribution in [0, 0.1) is 13.8 Å². The van der Waals surface area contributed by atoms with E-state index in [2.05, 4.69) is 15.8 Å². The number of nitrogens with one attached hydrogen (secondary N) is 2. The highest BCUT2D eigenvalue weighted by Gasteiger charge is 2.13. The van der Waals surface area contributed by atoms with Crippen molar-refractivity contribution >= 4 is 23.6 Å². The molecule has 8 nitrogen and oxygen atoms in total. The van der Waals surface area contributed by atoms with E-state index in [0.29, 0.717) is 11.3 Å². The Kier molecular flexibility index (Phi) is 5.67. The first-order valence-electron chi connectivity index (χ1n) is 7.18. The van der Waals surface area contributed by atoms with Crippen LogP contribution in [-0.4, -0.2) is 36.1 Å². The maximum atomic E-state index is 11.9. The molecule has 1 heterocycles. The van der Waals surface area contributed by atoms with Gasteiger partial charge >= 0.3 is 5.97 Å². The predicted molar refractivity (Wildman–Crippen MR) is 84.3 cm³/mol. The number of nitrogens with zero attached hydrogens (tertiary/aromatic N) is 1. The van der Waals surface area contributed by atoms with Gasteiger partial charge in [0, 0.05) is 11.6 Å². The monoisotopic (exact) mass is 331 g/mol. The minimum atomic E-state index is -0.719. The molecule has 24 heavy (non-hydrogen) atoms. The molecule has 0 saturated carbocycles. The van der Waals surface area contributed by atoms with Gasteiger partial charge in [-0.25, -0.2) is 0 Å². The molecule has 2 amide bonds. The molecule has 0 aliphatic heterocycles. The van der Waals surface area contributed by atoms with Crippen LogP contribution in [0.1, 0.15) is 21.7 Å². The Hall–Kier alpha value is -3.16. The third-order valence-corrected chi connectivity index (χ3v) is 3.04. The van der Waals surface area contributed by atoms with E-state index in [4.69, 9.17) is 9.26 Å². The molecule has 2 N–H and O–H groups in total. The number of esters is 1. The van der Waals surface area contributed by atoms with Gasteiger partial charge in [-0.1, -0.05) is 23.4 Å². The minimum absolute atomic E-state index is 0.237. The summed E-state index contributed by atoms with van der Waals surface area (Å²) in [6.07, 6.45) is 0. The van der Waals surface area contributed by atoms with Crippen molar-refractivity contribution in [2.45, 2.75) is 13.8 Å². The summed E-state index contributed by atoms with van der Waals surface area (Å²) in [4.78, 5) is 35.1. The lowest BCUT2D eigenvalue weighted by atomic mass is 10.1. The number of amides is 2. The van der Waals surface area contributed by atoms with Gasteiger partial charge in [-0.15, -0.1) is 0 Å². The van der Waals surface area contributed by atoms with Gasteiger partial charge in [0.05, 0.1) is 0 Å². The molecule has 0 saturated heterocycles. The summed E-state index contributed by atoms with van der Waals surface area (Å²) < 4.78 is 9.56. The fraction of sp³-hybridized carbons (Fsp3) is 0.250. The summed E-state index contributed by atoms with van der Waals surface area (Å²) in [5, 5.41) is 8.43. The van der Waals surface area contributed by atoms with Crippen molar-refractivity contribution in [2.24, 2.45) is 0 Å². The van der Waals surface area contributed by atoms with Crippen LogP contribution in [0.15, 0.2) is 34.9 Å². The van der Waals surface area contributed by atoms with Crippen molar-refractivity contribution in [3.63, 3.8) is 0 Å². The number of ether oxygens (including phenoxy) is 1. The van der Waals surface area contributed by atoms with Gasteiger partial charge in [0.15, 0.2) is 12.4 Å². The molecule has 126 valence electrons. The summed E-state index contributed by atoms with van der Waals surface area (Å²) in [7, 11) is 0. The second kappa shape index (κ2) is 7.91. The van der Waals surface area contributed by atoms with E-state index in [9.17, 15) is 14.4 Å². The maximum absolute atomic E-state index is 11.9. The zero-order valence-corrected chi connectivity index (χ0v) is 13.3. The number of benzene rings is 1. The molecule has 0 aliphatic rings.